The molecule has 0 fully saturated rings. The number of fused-ring (bicyclic) bond motifs is 1. The van der Waals surface area contributed by atoms with Crippen molar-refractivity contribution >= 4 is 34.4 Å². The van der Waals surface area contributed by atoms with Crippen molar-refractivity contribution in [1.82, 2.24) is 10.3 Å². The molecule has 162 valence electrons. The van der Waals surface area contributed by atoms with Gasteiger partial charge in [0.25, 0.3) is 5.91 Å². The van der Waals surface area contributed by atoms with Gasteiger partial charge in [-0.15, -0.1) is 0 Å². The topological polar surface area (TPSA) is 110 Å². The fourth-order valence-corrected chi connectivity index (χ4v) is 3.25. The van der Waals surface area contributed by atoms with E-state index >= 15 is 0 Å². The number of methoxy groups -OCH3 is 1. The molecule has 0 radical (unpaired) electrons. The number of H-pyrrole nitrogens is 1. The van der Waals surface area contributed by atoms with Gasteiger partial charge >= 0.3 is 5.97 Å². The van der Waals surface area contributed by atoms with Gasteiger partial charge in [0, 0.05) is 30.4 Å². The van der Waals surface area contributed by atoms with Crippen LogP contribution in [0.4, 0.5) is 5.69 Å². The minimum atomic E-state index is -1.07. The van der Waals surface area contributed by atoms with Crippen LogP contribution in [-0.2, 0) is 25.5 Å². The fourth-order valence-electron chi connectivity index (χ4n) is 3.25. The standard InChI is InChI=1S/C23H25N3O5/c1-14(22(28)26-19-10-6-7-11-21(19)30-3)31-23(29)20(25-15(2)27)12-16-13-24-18-9-5-4-8-17(16)18/h4-11,13-14,20,24H,12H2,1-3H3,(H,25,27)(H,26,28)/t14-,20+/m1/s1. The third kappa shape index (κ3) is 5.42. The molecule has 0 aliphatic rings. The van der Waals surface area contributed by atoms with Gasteiger partial charge in [-0.05, 0) is 30.7 Å². The average molecular weight is 423 g/mol. The number of hydrogen-bond donors (Lipinski definition) is 3. The minimum absolute atomic E-state index is 0.225. The molecule has 1 heterocycles. The molecule has 31 heavy (non-hydrogen) atoms. The van der Waals surface area contributed by atoms with Crippen LogP contribution >= 0.6 is 0 Å². The van der Waals surface area contributed by atoms with E-state index in [1.165, 1.54) is 21.0 Å². The van der Waals surface area contributed by atoms with Crippen molar-refractivity contribution < 1.29 is 23.9 Å². The predicted octanol–water partition coefficient (Wildman–Crippen LogP) is 2.79. The molecule has 0 saturated carbocycles. The number of carbonyl (C=O) groups excluding carboxylic acids is 3. The number of hydrogen-bond acceptors (Lipinski definition) is 5. The van der Waals surface area contributed by atoms with E-state index in [-0.39, 0.29) is 12.3 Å². The summed E-state index contributed by atoms with van der Waals surface area (Å²) in [7, 11) is 1.50. The zero-order valence-electron chi connectivity index (χ0n) is 17.6. The van der Waals surface area contributed by atoms with Crippen molar-refractivity contribution in [3.05, 3.63) is 60.3 Å². The number of carbonyl (C=O) groups is 3. The van der Waals surface area contributed by atoms with E-state index in [9.17, 15) is 14.4 Å². The largest absolute Gasteiger partial charge is 0.495 e. The lowest BCUT2D eigenvalue weighted by Gasteiger charge is -2.20. The second-order valence-electron chi connectivity index (χ2n) is 7.09. The molecule has 3 N–H and O–H groups in total. The number of para-hydroxylation sites is 3. The Bertz CT molecular complexity index is 1090. The van der Waals surface area contributed by atoms with Crippen molar-refractivity contribution in [3.63, 3.8) is 0 Å². The summed E-state index contributed by atoms with van der Waals surface area (Å²) >= 11 is 0. The first kappa shape index (κ1) is 21.9. The Morgan fingerprint density at radius 1 is 1.06 bits per heavy atom. The summed E-state index contributed by atoms with van der Waals surface area (Å²) in [6.07, 6.45) is 0.949. The van der Waals surface area contributed by atoms with Gasteiger partial charge in [-0.1, -0.05) is 30.3 Å². The predicted molar refractivity (Wildman–Crippen MR) is 117 cm³/mol. The number of aromatic amines is 1. The average Bonchev–Trinajstić information content (AvgIpc) is 3.16. The van der Waals surface area contributed by atoms with Gasteiger partial charge < -0.3 is 25.1 Å². The lowest BCUT2D eigenvalue weighted by Crippen LogP contribution is -2.44. The van der Waals surface area contributed by atoms with Gasteiger partial charge in [-0.3, -0.25) is 9.59 Å². The Balaban J connectivity index is 1.69. The SMILES string of the molecule is COc1ccccc1NC(=O)[C@@H](C)OC(=O)[C@H](Cc1c[nH]c2ccccc12)NC(C)=O. The zero-order chi connectivity index (χ0) is 22.4. The van der Waals surface area contributed by atoms with Gasteiger partial charge in [0.2, 0.25) is 5.91 Å². The first-order valence-corrected chi connectivity index (χ1v) is 9.85. The normalized spacial score (nSPS) is 12.6. The van der Waals surface area contributed by atoms with E-state index in [0.717, 1.165) is 16.5 Å². The van der Waals surface area contributed by atoms with Gasteiger partial charge in [-0.2, -0.15) is 0 Å². The molecule has 2 aromatic carbocycles. The van der Waals surface area contributed by atoms with Crippen molar-refractivity contribution in [2.45, 2.75) is 32.4 Å². The van der Waals surface area contributed by atoms with Gasteiger partial charge in [0.1, 0.15) is 11.8 Å². The third-order valence-corrected chi connectivity index (χ3v) is 4.79. The summed E-state index contributed by atoms with van der Waals surface area (Å²) in [5.41, 5.74) is 2.25. The van der Waals surface area contributed by atoms with Gasteiger partial charge in [0.05, 0.1) is 12.8 Å². The van der Waals surface area contributed by atoms with E-state index in [2.05, 4.69) is 15.6 Å². The van der Waals surface area contributed by atoms with E-state index in [4.69, 9.17) is 9.47 Å². The maximum absolute atomic E-state index is 12.8. The van der Waals surface area contributed by atoms with Crippen LogP contribution in [0.25, 0.3) is 10.9 Å². The molecule has 8 heteroatoms. The molecule has 3 rings (SSSR count). The quantitative estimate of drug-likeness (QED) is 0.483. The van der Waals surface area contributed by atoms with Gasteiger partial charge in [-0.25, -0.2) is 4.79 Å². The van der Waals surface area contributed by atoms with E-state index < -0.39 is 24.0 Å². The fraction of sp³-hybridized carbons (Fsp3) is 0.261. The molecular weight excluding hydrogens is 398 g/mol. The smallest absolute Gasteiger partial charge is 0.329 e. The molecular formula is C23H25N3O5. The molecule has 3 aromatic rings. The van der Waals surface area contributed by atoms with Crippen LogP contribution in [0.5, 0.6) is 5.75 Å². The number of rotatable bonds is 8. The molecule has 2 amide bonds. The Labute approximate surface area is 179 Å². The first-order valence-electron chi connectivity index (χ1n) is 9.85. The summed E-state index contributed by atoms with van der Waals surface area (Å²) in [4.78, 5) is 40.1. The summed E-state index contributed by atoms with van der Waals surface area (Å²) in [6.45, 7) is 2.80. The molecule has 8 nitrogen and oxygen atoms in total. The van der Waals surface area contributed by atoms with Crippen LogP contribution in [0, 0.1) is 0 Å². The number of ether oxygens (including phenoxy) is 2. The summed E-state index contributed by atoms with van der Waals surface area (Å²) in [5.74, 6) is -1.08. The Morgan fingerprint density at radius 3 is 2.52 bits per heavy atom. The molecule has 0 aliphatic carbocycles. The monoisotopic (exact) mass is 423 g/mol. The second-order valence-corrected chi connectivity index (χ2v) is 7.09. The first-order chi connectivity index (χ1) is 14.9. The van der Waals surface area contributed by atoms with Crippen molar-refractivity contribution in [2.24, 2.45) is 0 Å². The van der Waals surface area contributed by atoms with Crippen LogP contribution in [0.3, 0.4) is 0 Å². The van der Waals surface area contributed by atoms with E-state index in [0.29, 0.717) is 11.4 Å². The summed E-state index contributed by atoms with van der Waals surface area (Å²) in [5, 5.41) is 6.25. The minimum Gasteiger partial charge on any atom is -0.495 e. The molecule has 2 atom stereocenters. The lowest BCUT2D eigenvalue weighted by molar-refractivity contribution is -0.156. The van der Waals surface area contributed by atoms with Gasteiger partial charge in [0.15, 0.2) is 6.10 Å². The van der Waals surface area contributed by atoms with Crippen molar-refractivity contribution in [3.8, 4) is 5.75 Å². The molecule has 0 unspecified atom stereocenters. The molecule has 0 saturated heterocycles. The van der Waals surface area contributed by atoms with E-state index in [1.54, 1.807) is 30.5 Å². The zero-order valence-corrected chi connectivity index (χ0v) is 17.6. The maximum Gasteiger partial charge on any atom is 0.329 e. The molecule has 0 aliphatic heterocycles. The van der Waals surface area contributed by atoms with Crippen LogP contribution in [0.1, 0.15) is 19.4 Å². The Kier molecular flexibility index (Phi) is 6.92. The van der Waals surface area contributed by atoms with E-state index in [1.807, 2.05) is 24.3 Å². The number of amides is 2. The maximum atomic E-state index is 12.8. The molecule has 0 bridgehead atoms. The number of esters is 1. The highest BCUT2D eigenvalue weighted by Gasteiger charge is 2.27. The molecule has 0 spiro atoms. The van der Waals surface area contributed by atoms with Crippen LogP contribution in [0.15, 0.2) is 54.7 Å². The Hall–Kier alpha value is -3.81. The highest BCUT2D eigenvalue weighted by atomic mass is 16.5. The lowest BCUT2D eigenvalue weighted by atomic mass is 10.0. The number of anilines is 1. The number of benzene rings is 2. The van der Waals surface area contributed by atoms with Crippen LogP contribution in [-0.4, -0.2) is 42.0 Å². The third-order valence-electron chi connectivity index (χ3n) is 4.79. The highest BCUT2D eigenvalue weighted by Crippen LogP contribution is 2.23. The van der Waals surface area contributed by atoms with Crippen LogP contribution in [0.2, 0.25) is 0 Å². The van der Waals surface area contributed by atoms with Crippen LogP contribution < -0.4 is 15.4 Å². The summed E-state index contributed by atoms with van der Waals surface area (Å²) < 4.78 is 10.6. The summed E-state index contributed by atoms with van der Waals surface area (Å²) in [6, 6.07) is 13.7. The van der Waals surface area contributed by atoms with Crippen molar-refractivity contribution in [2.75, 3.05) is 12.4 Å². The Morgan fingerprint density at radius 2 is 1.77 bits per heavy atom. The van der Waals surface area contributed by atoms with Crippen molar-refractivity contribution in [1.29, 1.82) is 0 Å². The number of nitrogens with one attached hydrogen (secondary N) is 3. The molecule has 1 aromatic heterocycles. The second kappa shape index (κ2) is 9.80. The number of aromatic nitrogens is 1. The highest BCUT2D eigenvalue weighted by molar-refractivity contribution is 5.97.